The number of nitrogens with zero attached hydrogens (tertiary/aromatic N) is 3. The van der Waals surface area contributed by atoms with Crippen molar-refractivity contribution in [3.05, 3.63) is 57.4 Å². The molecule has 0 N–H and O–H groups in total. The minimum Gasteiger partial charge on any atom is -0.379 e. The molecule has 1 aliphatic heterocycles. The van der Waals surface area contributed by atoms with Gasteiger partial charge < -0.3 is 4.74 Å². The van der Waals surface area contributed by atoms with Crippen molar-refractivity contribution in [2.24, 2.45) is 0 Å². The number of carbonyl (C=O) groups is 1. The van der Waals surface area contributed by atoms with Gasteiger partial charge in [-0.1, -0.05) is 58.8 Å². The molecule has 9 heteroatoms. The second kappa shape index (κ2) is 9.63. The number of benzene rings is 2. The van der Waals surface area contributed by atoms with Crippen LogP contribution in [-0.4, -0.2) is 55.2 Å². The molecular formula is C23H21Cl2N3O2S2. The second-order valence-corrected chi connectivity index (χ2v) is 10.4. The van der Waals surface area contributed by atoms with E-state index in [0.717, 1.165) is 59.6 Å². The van der Waals surface area contributed by atoms with E-state index in [4.69, 9.17) is 32.9 Å². The van der Waals surface area contributed by atoms with Crippen molar-refractivity contribution < 1.29 is 9.53 Å². The van der Waals surface area contributed by atoms with E-state index < -0.39 is 0 Å². The lowest BCUT2D eigenvalue weighted by atomic mass is 10.2. The number of hydrogen-bond acceptors (Lipinski definition) is 6. The first-order chi connectivity index (χ1) is 15.6. The van der Waals surface area contributed by atoms with E-state index in [2.05, 4.69) is 4.90 Å². The number of ether oxygens (including phenoxy) is 1. The molecule has 5 rings (SSSR count). The number of para-hydroxylation sites is 1. The van der Waals surface area contributed by atoms with Gasteiger partial charge in [0.15, 0.2) is 5.13 Å². The Morgan fingerprint density at radius 1 is 1.06 bits per heavy atom. The molecule has 32 heavy (non-hydrogen) atoms. The number of anilines is 1. The third-order valence-electron chi connectivity index (χ3n) is 5.52. The third kappa shape index (κ3) is 4.38. The number of thiophene rings is 1. The van der Waals surface area contributed by atoms with Crippen LogP contribution in [0.25, 0.3) is 20.3 Å². The van der Waals surface area contributed by atoms with Crippen LogP contribution in [0.4, 0.5) is 5.13 Å². The minimum atomic E-state index is -0.117. The number of rotatable bonds is 6. The summed E-state index contributed by atoms with van der Waals surface area (Å²) in [6, 6.07) is 13.5. The maximum atomic E-state index is 13.7. The van der Waals surface area contributed by atoms with E-state index in [1.54, 1.807) is 4.90 Å². The summed E-state index contributed by atoms with van der Waals surface area (Å²) in [5.41, 5.74) is 0.725. The summed E-state index contributed by atoms with van der Waals surface area (Å²) in [6.07, 6.45) is 0.831. The summed E-state index contributed by atoms with van der Waals surface area (Å²) in [7, 11) is 0. The van der Waals surface area contributed by atoms with Crippen molar-refractivity contribution in [1.29, 1.82) is 0 Å². The van der Waals surface area contributed by atoms with Gasteiger partial charge in [-0.2, -0.15) is 0 Å². The number of carbonyl (C=O) groups excluding carboxylic acids is 1. The molecule has 1 amide bonds. The monoisotopic (exact) mass is 505 g/mol. The summed E-state index contributed by atoms with van der Waals surface area (Å²) < 4.78 is 7.40. The molecule has 2 aromatic heterocycles. The molecular weight excluding hydrogens is 485 g/mol. The van der Waals surface area contributed by atoms with E-state index in [1.165, 1.54) is 22.7 Å². The Labute approximate surface area is 204 Å². The molecule has 0 bridgehead atoms. The molecule has 4 aromatic rings. The van der Waals surface area contributed by atoms with Gasteiger partial charge in [0.25, 0.3) is 5.91 Å². The Hall–Kier alpha value is -1.74. The Morgan fingerprint density at radius 2 is 1.84 bits per heavy atom. The van der Waals surface area contributed by atoms with Crippen LogP contribution in [0.2, 0.25) is 10.0 Å². The molecule has 1 aliphatic rings. The van der Waals surface area contributed by atoms with Crippen LogP contribution >= 0.6 is 45.9 Å². The normalized spacial score (nSPS) is 14.9. The van der Waals surface area contributed by atoms with Crippen molar-refractivity contribution in [3.63, 3.8) is 0 Å². The van der Waals surface area contributed by atoms with Gasteiger partial charge in [0, 0.05) is 36.3 Å². The highest BCUT2D eigenvalue weighted by molar-refractivity contribution is 7.23. The fourth-order valence-electron chi connectivity index (χ4n) is 3.85. The van der Waals surface area contributed by atoms with E-state index in [9.17, 15) is 4.79 Å². The zero-order valence-electron chi connectivity index (χ0n) is 17.2. The number of thiazole rings is 1. The highest BCUT2D eigenvalue weighted by Crippen LogP contribution is 2.38. The quantitative estimate of drug-likeness (QED) is 0.313. The highest BCUT2D eigenvalue weighted by atomic mass is 35.5. The molecule has 0 spiro atoms. The second-order valence-electron chi connectivity index (χ2n) is 7.59. The van der Waals surface area contributed by atoms with Crippen LogP contribution in [0.5, 0.6) is 0 Å². The smallest absolute Gasteiger partial charge is 0.271 e. The van der Waals surface area contributed by atoms with Crippen LogP contribution < -0.4 is 4.90 Å². The Balaban J connectivity index is 1.46. The molecule has 0 aliphatic carbocycles. The van der Waals surface area contributed by atoms with Gasteiger partial charge in [-0.05, 0) is 24.6 Å². The fourth-order valence-corrected chi connectivity index (χ4v) is 6.60. The number of fused-ring (bicyclic) bond motifs is 2. The van der Waals surface area contributed by atoms with E-state index in [-0.39, 0.29) is 5.91 Å². The topological polar surface area (TPSA) is 45.7 Å². The predicted molar refractivity (Wildman–Crippen MR) is 135 cm³/mol. The van der Waals surface area contributed by atoms with Crippen LogP contribution in [-0.2, 0) is 4.74 Å². The molecule has 5 nitrogen and oxygen atoms in total. The minimum absolute atomic E-state index is 0.117. The molecule has 0 atom stereocenters. The van der Waals surface area contributed by atoms with Gasteiger partial charge >= 0.3 is 0 Å². The molecule has 1 fully saturated rings. The molecule has 2 aromatic carbocycles. The summed E-state index contributed by atoms with van der Waals surface area (Å²) in [5.74, 6) is -0.117. The first kappa shape index (κ1) is 22.1. The van der Waals surface area contributed by atoms with E-state index >= 15 is 0 Å². The van der Waals surface area contributed by atoms with Crippen LogP contribution in [0, 0.1) is 0 Å². The van der Waals surface area contributed by atoms with Gasteiger partial charge in [0.2, 0.25) is 0 Å². The average molecular weight is 506 g/mol. The van der Waals surface area contributed by atoms with Crippen LogP contribution in [0.3, 0.4) is 0 Å². The van der Waals surface area contributed by atoms with Crippen molar-refractivity contribution in [2.45, 2.75) is 6.42 Å². The lowest BCUT2D eigenvalue weighted by Gasteiger charge is -2.27. The van der Waals surface area contributed by atoms with Gasteiger partial charge in [-0.15, -0.1) is 11.3 Å². The van der Waals surface area contributed by atoms with Crippen molar-refractivity contribution >= 4 is 77.2 Å². The molecule has 3 heterocycles. The Morgan fingerprint density at radius 3 is 2.62 bits per heavy atom. The average Bonchev–Trinajstić information content (AvgIpc) is 3.40. The summed E-state index contributed by atoms with van der Waals surface area (Å²) in [6.45, 7) is 4.82. The summed E-state index contributed by atoms with van der Waals surface area (Å²) in [4.78, 5) is 23.1. The van der Waals surface area contributed by atoms with Gasteiger partial charge in [-0.25, -0.2) is 4.98 Å². The first-order valence-electron chi connectivity index (χ1n) is 10.5. The zero-order chi connectivity index (χ0) is 22.1. The molecule has 0 radical (unpaired) electrons. The van der Waals surface area contributed by atoms with Crippen molar-refractivity contribution in [2.75, 3.05) is 44.3 Å². The molecule has 0 unspecified atom stereocenters. The largest absolute Gasteiger partial charge is 0.379 e. The highest BCUT2D eigenvalue weighted by Gasteiger charge is 2.26. The van der Waals surface area contributed by atoms with Crippen molar-refractivity contribution in [1.82, 2.24) is 9.88 Å². The number of hydrogen-bond donors (Lipinski definition) is 0. The molecule has 1 saturated heterocycles. The predicted octanol–water partition coefficient (Wildman–Crippen LogP) is 6.19. The van der Waals surface area contributed by atoms with E-state index in [1.807, 2.05) is 42.5 Å². The maximum absolute atomic E-state index is 13.7. The lowest BCUT2D eigenvalue weighted by molar-refractivity contribution is 0.0376. The first-order valence-corrected chi connectivity index (χ1v) is 12.8. The van der Waals surface area contributed by atoms with Crippen LogP contribution in [0.15, 0.2) is 42.5 Å². The number of halogens is 2. The Kier molecular flexibility index (Phi) is 6.64. The van der Waals surface area contributed by atoms with E-state index in [0.29, 0.717) is 26.6 Å². The number of aromatic nitrogens is 1. The van der Waals surface area contributed by atoms with Gasteiger partial charge in [-0.3, -0.25) is 14.6 Å². The number of morpholine rings is 1. The number of amides is 1. The zero-order valence-corrected chi connectivity index (χ0v) is 20.4. The van der Waals surface area contributed by atoms with Crippen LogP contribution in [0.1, 0.15) is 16.1 Å². The summed E-state index contributed by atoms with van der Waals surface area (Å²) >= 11 is 15.9. The maximum Gasteiger partial charge on any atom is 0.271 e. The fraction of sp³-hybridized carbons (Fsp3) is 0.304. The van der Waals surface area contributed by atoms with Crippen molar-refractivity contribution in [3.8, 4) is 0 Å². The summed E-state index contributed by atoms with van der Waals surface area (Å²) in [5, 5.41) is 2.65. The lowest BCUT2D eigenvalue weighted by Crippen LogP contribution is -2.39. The Bertz CT molecular complexity index is 1270. The molecule has 166 valence electrons. The van der Waals surface area contributed by atoms with Gasteiger partial charge in [0.05, 0.1) is 28.0 Å². The SMILES string of the molecule is O=C(c1sc2ccccc2c1Cl)N(CCCN1CCOCC1)c1nc2c(Cl)cccc2s1. The standard InChI is InChI=1S/C23H21Cl2N3O2S2/c24-16-6-3-8-18-20(16)26-23(32-18)28(10-4-9-27-11-13-30-14-12-27)22(29)21-19(25)15-5-1-2-7-17(15)31-21/h1-3,5-8H,4,9-14H2. The van der Waals surface area contributed by atoms with Gasteiger partial charge in [0.1, 0.15) is 10.4 Å². The third-order valence-corrected chi connectivity index (χ3v) is 8.54. The molecule has 0 saturated carbocycles.